The summed E-state index contributed by atoms with van der Waals surface area (Å²) in [5, 5.41) is 3.54. The average molecular weight is 252 g/mol. The summed E-state index contributed by atoms with van der Waals surface area (Å²) >= 11 is 6.00. The first-order chi connectivity index (χ1) is 7.99. The second kappa shape index (κ2) is 6.45. The van der Waals surface area contributed by atoms with Crippen molar-refractivity contribution in [2.24, 2.45) is 5.92 Å². The lowest BCUT2D eigenvalue weighted by molar-refractivity contribution is -0.116. The van der Waals surface area contributed by atoms with Crippen LogP contribution in [0.2, 0.25) is 5.02 Å². The van der Waals surface area contributed by atoms with Gasteiger partial charge in [0.2, 0.25) is 5.91 Å². The zero-order valence-corrected chi connectivity index (χ0v) is 11.2. The van der Waals surface area contributed by atoms with Crippen LogP contribution in [0.25, 0.3) is 6.08 Å². The quantitative estimate of drug-likeness (QED) is 0.817. The second-order valence-electron chi connectivity index (χ2n) is 4.48. The summed E-state index contributed by atoms with van der Waals surface area (Å²) in [5.41, 5.74) is 1.97. The number of hydrogen-bond acceptors (Lipinski definition) is 1. The van der Waals surface area contributed by atoms with Gasteiger partial charge in [0.25, 0.3) is 0 Å². The number of amides is 1. The van der Waals surface area contributed by atoms with Crippen molar-refractivity contribution in [3.63, 3.8) is 0 Å². The molecule has 0 atom stereocenters. The molecule has 1 rings (SSSR count). The largest absolute Gasteiger partial charge is 0.352 e. The molecule has 0 unspecified atom stereocenters. The zero-order chi connectivity index (χ0) is 12.8. The fourth-order valence-corrected chi connectivity index (χ4v) is 1.44. The average Bonchev–Trinajstić information content (AvgIpc) is 2.28. The molecule has 0 spiro atoms. The molecular weight excluding hydrogens is 234 g/mol. The van der Waals surface area contributed by atoms with E-state index in [9.17, 15) is 4.79 Å². The molecule has 0 aromatic heterocycles. The lowest BCUT2D eigenvalue weighted by Crippen LogP contribution is -2.25. The fraction of sp³-hybridized carbons (Fsp3) is 0.357. The van der Waals surface area contributed by atoms with Crippen LogP contribution in [0.4, 0.5) is 0 Å². The summed E-state index contributed by atoms with van der Waals surface area (Å²) < 4.78 is 0. The molecule has 0 saturated heterocycles. The van der Waals surface area contributed by atoms with Gasteiger partial charge in [0.1, 0.15) is 0 Å². The van der Waals surface area contributed by atoms with Crippen molar-refractivity contribution in [1.82, 2.24) is 5.32 Å². The molecule has 92 valence electrons. The number of rotatable bonds is 4. The van der Waals surface area contributed by atoms with Crippen molar-refractivity contribution in [2.75, 3.05) is 6.54 Å². The molecule has 0 radical (unpaired) electrons. The Labute approximate surface area is 108 Å². The molecule has 1 N–H and O–H groups in total. The van der Waals surface area contributed by atoms with Crippen LogP contribution in [0.3, 0.4) is 0 Å². The maximum Gasteiger partial charge on any atom is 0.244 e. The molecule has 0 aliphatic rings. The van der Waals surface area contributed by atoms with Gasteiger partial charge in [-0.1, -0.05) is 37.6 Å². The van der Waals surface area contributed by atoms with Gasteiger partial charge in [0.05, 0.1) is 0 Å². The van der Waals surface area contributed by atoms with E-state index in [1.807, 2.05) is 25.1 Å². The Hall–Kier alpha value is -1.28. The minimum atomic E-state index is -0.0737. The molecule has 0 bridgehead atoms. The molecule has 1 aromatic carbocycles. The molecule has 0 saturated carbocycles. The summed E-state index contributed by atoms with van der Waals surface area (Å²) in [4.78, 5) is 11.4. The highest BCUT2D eigenvalue weighted by atomic mass is 35.5. The van der Waals surface area contributed by atoms with Crippen molar-refractivity contribution in [3.05, 3.63) is 40.4 Å². The van der Waals surface area contributed by atoms with Gasteiger partial charge in [0, 0.05) is 17.6 Å². The van der Waals surface area contributed by atoms with Crippen LogP contribution in [0.5, 0.6) is 0 Å². The number of carbonyl (C=O) groups excluding carboxylic acids is 1. The van der Waals surface area contributed by atoms with Gasteiger partial charge in [-0.15, -0.1) is 0 Å². The van der Waals surface area contributed by atoms with Crippen molar-refractivity contribution in [3.8, 4) is 0 Å². The predicted molar refractivity (Wildman–Crippen MR) is 73.1 cm³/mol. The number of carbonyl (C=O) groups is 1. The maximum atomic E-state index is 11.4. The van der Waals surface area contributed by atoms with E-state index < -0.39 is 0 Å². The summed E-state index contributed by atoms with van der Waals surface area (Å²) in [6, 6.07) is 5.73. The zero-order valence-electron chi connectivity index (χ0n) is 10.5. The van der Waals surface area contributed by atoms with Crippen LogP contribution in [-0.4, -0.2) is 12.5 Å². The highest BCUT2D eigenvalue weighted by Gasteiger charge is 1.98. The normalized spacial score (nSPS) is 11.1. The molecule has 3 heteroatoms. The van der Waals surface area contributed by atoms with Crippen LogP contribution in [0, 0.1) is 12.8 Å². The Morgan fingerprint density at radius 1 is 1.47 bits per heavy atom. The first kappa shape index (κ1) is 13.8. The lowest BCUT2D eigenvalue weighted by atomic mass is 10.1. The highest BCUT2D eigenvalue weighted by Crippen LogP contribution is 2.17. The number of nitrogens with one attached hydrogen (secondary N) is 1. The highest BCUT2D eigenvalue weighted by molar-refractivity contribution is 6.31. The second-order valence-corrected chi connectivity index (χ2v) is 4.89. The van der Waals surface area contributed by atoms with E-state index in [-0.39, 0.29) is 5.91 Å². The Morgan fingerprint density at radius 3 is 2.76 bits per heavy atom. The number of halogens is 1. The van der Waals surface area contributed by atoms with Gasteiger partial charge >= 0.3 is 0 Å². The van der Waals surface area contributed by atoms with E-state index in [1.165, 1.54) is 6.08 Å². The van der Waals surface area contributed by atoms with E-state index in [2.05, 4.69) is 19.2 Å². The van der Waals surface area contributed by atoms with E-state index in [4.69, 9.17) is 11.6 Å². The van der Waals surface area contributed by atoms with E-state index in [0.717, 1.165) is 16.1 Å². The number of aryl methyl sites for hydroxylation is 1. The van der Waals surface area contributed by atoms with Gasteiger partial charge in [-0.3, -0.25) is 4.79 Å². The molecule has 0 heterocycles. The minimum absolute atomic E-state index is 0.0737. The molecule has 1 amide bonds. The molecule has 1 aromatic rings. The van der Waals surface area contributed by atoms with E-state index in [1.54, 1.807) is 6.08 Å². The van der Waals surface area contributed by atoms with Crippen LogP contribution in [0.1, 0.15) is 25.0 Å². The molecule has 2 nitrogen and oxygen atoms in total. The Bertz CT molecular complexity index is 424. The van der Waals surface area contributed by atoms with Gasteiger partial charge < -0.3 is 5.32 Å². The van der Waals surface area contributed by atoms with Crippen molar-refractivity contribution in [1.29, 1.82) is 0 Å². The van der Waals surface area contributed by atoms with Crippen molar-refractivity contribution >= 4 is 23.6 Å². The molecule has 0 aliphatic heterocycles. The third-order valence-corrected chi connectivity index (χ3v) is 2.71. The van der Waals surface area contributed by atoms with Gasteiger partial charge in [0.15, 0.2) is 0 Å². The van der Waals surface area contributed by atoms with E-state index >= 15 is 0 Å². The van der Waals surface area contributed by atoms with Gasteiger partial charge in [-0.05, 0) is 36.1 Å². The third kappa shape index (κ3) is 5.05. The molecular formula is C14H18ClNO. The van der Waals surface area contributed by atoms with Crippen LogP contribution in [0.15, 0.2) is 24.3 Å². The topological polar surface area (TPSA) is 29.1 Å². The smallest absolute Gasteiger partial charge is 0.244 e. The summed E-state index contributed by atoms with van der Waals surface area (Å²) in [6.45, 7) is 6.76. The van der Waals surface area contributed by atoms with E-state index in [0.29, 0.717) is 12.5 Å². The summed E-state index contributed by atoms with van der Waals surface area (Å²) in [7, 11) is 0. The standard InChI is InChI=1S/C14H18ClNO/c1-10(2)9-16-14(17)7-6-12-5-4-11(3)13(15)8-12/h4-8,10H,9H2,1-3H3,(H,16,17)/b7-6-. The molecule has 0 aliphatic carbocycles. The van der Waals surface area contributed by atoms with Crippen LogP contribution in [-0.2, 0) is 4.79 Å². The summed E-state index contributed by atoms with van der Waals surface area (Å²) in [5.74, 6) is 0.386. The Balaban J connectivity index is 2.58. The Kier molecular flexibility index (Phi) is 5.23. The molecule has 0 fully saturated rings. The maximum absolute atomic E-state index is 11.4. The lowest BCUT2D eigenvalue weighted by Gasteiger charge is -2.04. The number of benzene rings is 1. The number of hydrogen-bond donors (Lipinski definition) is 1. The first-order valence-corrected chi connectivity index (χ1v) is 6.09. The van der Waals surface area contributed by atoms with Gasteiger partial charge in [-0.25, -0.2) is 0 Å². The van der Waals surface area contributed by atoms with Gasteiger partial charge in [-0.2, -0.15) is 0 Å². The van der Waals surface area contributed by atoms with Crippen molar-refractivity contribution in [2.45, 2.75) is 20.8 Å². The molecule has 17 heavy (non-hydrogen) atoms. The summed E-state index contributed by atoms with van der Waals surface area (Å²) in [6.07, 6.45) is 3.30. The van der Waals surface area contributed by atoms with Crippen LogP contribution < -0.4 is 5.32 Å². The monoisotopic (exact) mass is 251 g/mol. The minimum Gasteiger partial charge on any atom is -0.352 e. The van der Waals surface area contributed by atoms with Crippen molar-refractivity contribution < 1.29 is 4.79 Å². The Morgan fingerprint density at radius 2 is 2.18 bits per heavy atom. The van der Waals surface area contributed by atoms with Crippen LogP contribution >= 0.6 is 11.6 Å². The fourth-order valence-electron chi connectivity index (χ4n) is 1.25. The SMILES string of the molecule is Cc1ccc(/C=C\C(=O)NCC(C)C)cc1Cl. The predicted octanol–water partition coefficient (Wildman–Crippen LogP) is 3.43. The third-order valence-electron chi connectivity index (χ3n) is 2.31. The first-order valence-electron chi connectivity index (χ1n) is 5.71.